The summed E-state index contributed by atoms with van der Waals surface area (Å²) in [7, 11) is 0. The topological polar surface area (TPSA) is 15.7 Å². The Kier molecular flexibility index (Phi) is 21.9. The summed E-state index contributed by atoms with van der Waals surface area (Å²) >= 11 is 0. The number of ether oxygens (including phenoxy) is 1. The summed E-state index contributed by atoms with van der Waals surface area (Å²) in [5, 5.41) is 0. The van der Waals surface area contributed by atoms with E-state index < -0.39 is 0 Å². The zero-order chi connectivity index (χ0) is 28.4. The Morgan fingerprint density at radius 2 is 1.07 bits per heavy atom. The molecule has 0 spiro atoms. The van der Waals surface area contributed by atoms with Crippen LogP contribution in [0.25, 0.3) is 0 Å². The van der Waals surface area contributed by atoms with Crippen LogP contribution in [0.3, 0.4) is 0 Å². The van der Waals surface area contributed by atoms with Crippen LogP contribution in [0.5, 0.6) is 5.75 Å². The molecule has 0 amide bonds. The second kappa shape index (κ2) is 25.2. The normalized spacial score (nSPS) is 14.1. The number of hydrogen-bond acceptors (Lipinski definition) is 3. The van der Waals surface area contributed by atoms with Crippen molar-refractivity contribution in [2.24, 2.45) is 0 Å². The molecular formula is C37H66N2O. The number of anilines is 1. The Bertz CT molecular complexity index is 680. The lowest BCUT2D eigenvalue weighted by Gasteiger charge is -2.36. The predicted molar refractivity (Wildman–Crippen MR) is 178 cm³/mol. The summed E-state index contributed by atoms with van der Waals surface area (Å²) in [6.45, 7) is 12.9. The van der Waals surface area contributed by atoms with Gasteiger partial charge in [0.25, 0.3) is 0 Å². The van der Waals surface area contributed by atoms with Gasteiger partial charge in [-0.2, -0.15) is 0 Å². The molecule has 230 valence electrons. The Hall–Kier alpha value is -1.48. The standard InChI is InChI=1S/C37H66N2O/c1-3-5-7-9-11-12-13-14-15-16-17-18-19-20-22-24-30-38-31-33-39(34-32-38)36-26-28-37(29-27-36)40-35-25-23-21-10-8-6-4-2/h4,26-29H,2-3,5-25,30-35H2,1H3. The van der Waals surface area contributed by atoms with Crippen molar-refractivity contribution < 1.29 is 4.74 Å². The van der Waals surface area contributed by atoms with E-state index in [1.54, 1.807) is 0 Å². The van der Waals surface area contributed by atoms with Crippen LogP contribution in [0.4, 0.5) is 5.69 Å². The van der Waals surface area contributed by atoms with Gasteiger partial charge in [-0.1, -0.05) is 129 Å². The Labute approximate surface area is 250 Å². The second-order valence-corrected chi connectivity index (χ2v) is 12.3. The maximum atomic E-state index is 5.97. The van der Waals surface area contributed by atoms with Gasteiger partial charge in [-0.05, 0) is 56.5 Å². The molecule has 0 atom stereocenters. The molecule has 2 rings (SSSR count). The molecule has 0 bridgehead atoms. The van der Waals surface area contributed by atoms with E-state index in [9.17, 15) is 0 Å². The Morgan fingerprint density at radius 1 is 0.600 bits per heavy atom. The van der Waals surface area contributed by atoms with Crippen molar-refractivity contribution in [1.82, 2.24) is 4.90 Å². The monoisotopic (exact) mass is 555 g/mol. The van der Waals surface area contributed by atoms with Gasteiger partial charge in [-0.3, -0.25) is 4.90 Å². The summed E-state index contributed by atoms with van der Waals surface area (Å²) in [6, 6.07) is 8.80. The van der Waals surface area contributed by atoms with Crippen molar-refractivity contribution >= 4 is 5.69 Å². The highest BCUT2D eigenvalue weighted by molar-refractivity contribution is 5.49. The molecule has 0 aromatic heterocycles. The van der Waals surface area contributed by atoms with Gasteiger partial charge in [-0.25, -0.2) is 0 Å². The van der Waals surface area contributed by atoms with Gasteiger partial charge in [0.05, 0.1) is 6.61 Å². The molecule has 0 unspecified atom stereocenters. The highest BCUT2D eigenvalue weighted by Crippen LogP contribution is 2.21. The van der Waals surface area contributed by atoms with E-state index in [1.807, 2.05) is 6.08 Å². The maximum Gasteiger partial charge on any atom is 0.119 e. The quantitative estimate of drug-likeness (QED) is 0.0794. The van der Waals surface area contributed by atoms with E-state index in [0.717, 1.165) is 38.3 Å². The van der Waals surface area contributed by atoms with Crippen molar-refractivity contribution in [3.63, 3.8) is 0 Å². The van der Waals surface area contributed by atoms with E-state index in [2.05, 4.69) is 47.6 Å². The Morgan fingerprint density at radius 3 is 1.60 bits per heavy atom. The zero-order valence-electron chi connectivity index (χ0n) is 26.7. The zero-order valence-corrected chi connectivity index (χ0v) is 26.7. The Balaban J connectivity index is 1.37. The molecule has 0 N–H and O–H groups in total. The summed E-state index contributed by atoms with van der Waals surface area (Å²) < 4.78 is 5.97. The summed E-state index contributed by atoms with van der Waals surface area (Å²) in [6.07, 6.45) is 32.6. The predicted octanol–water partition coefficient (Wildman–Crippen LogP) is 11.0. The molecule has 1 aromatic carbocycles. The van der Waals surface area contributed by atoms with Crippen molar-refractivity contribution in [3.8, 4) is 5.75 Å². The minimum atomic E-state index is 0.832. The van der Waals surface area contributed by atoms with Gasteiger partial charge in [0.1, 0.15) is 5.75 Å². The highest BCUT2D eigenvalue weighted by Gasteiger charge is 2.16. The summed E-state index contributed by atoms with van der Waals surface area (Å²) in [4.78, 5) is 5.21. The molecule has 1 aromatic rings. The first-order valence-electron chi connectivity index (χ1n) is 17.6. The van der Waals surface area contributed by atoms with Crippen LogP contribution in [0.15, 0.2) is 36.9 Å². The summed E-state index contributed by atoms with van der Waals surface area (Å²) in [5.74, 6) is 1.01. The van der Waals surface area contributed by atoms with E-state index in [4.69, 9.17) is 4.74 Å². The third-order valence-corrected chi connectivity index (χ3v) is 8.72. The average molecular weight is 555 g/mol. The van der Waals surface area contributed by atoms with Gasteiger partial charge in [-0.15, -0.1) is 6.58 Å². The van der Waals surface area contributed by atoms with E-state index in [0.29, 0.717) is 0 Å². The van der Waals surface area contributed by atoms with Crippen LogP contribution in [-0.4, -0.2) is 44.2 Å². The largest absolute Gasteiger partial charge is 0.494 e. The first kappa shape index (κ1) is 34.7. The number of piperazine rings is 1. The number of allylic oxidation sites excluding steroid dienone is 1. The third-order valence-electron chi connectivity index (χ3n) is 8.72. The van der Waals surface area contributed by atoms with Crippen LogP contribution in [0.2, 0.25) is 0 Å². The molecule has 1 fully saturated rings. The van der Waals surface area contributed by atoms with Gasteiger partial charge in [0.15, 0.2) is 0 Å². The molecule has 0 saturated carbocycles. The lowest BCUT2D eigenvalue weighted by atomic mass is 10.0. The molecule has 1 heterocycles. The van der Waals surface area contributed by atoms with Gasteiger partial charge < -0.3 is 9.64 Å². The molecule has 40 heavy (non-hydrogen) atoms. The number of nitrogens with zero attached hydrogens (tertiary/aromatic N) is 2. The van der Waals surface area contributed by atoms with Crippen molar-refractivity contribution in [1.29, 1.82) is 0 Å². The lowest BCUT2D eigenvalue weighted by Crippen LogP contribution is -2.46. The van der Waals surface area contributed by atoms with Crippen molar-refractivity contribution in [2.45, 2.75) is 148 Å². The third kappa shape index (κ3) is 18.1. The molecule has 3 nitrogen and oxygen atoms in total. The minimum absolute atomic E-state index is 0.832. The fourth-order valence-electron chi connectivity index (χ4n) is 5.98. The number of benzene rings is 1. The highest BCUT2D eigenvalue weighted by atomic mass is 16.5. The molecule has 1 saturated heterocycles. The molecule has 0 radical (unpaired) electrons. The fraction of sp³-hybridized carbons (Fsp3) is 0.784. The fourth-order valence-corrected chi connectivity index (χ4v) is 5.98. The molecule has 1 aliphatic heterocycles. The SMILES string of the molecule is C=CCCCCCCCOc1ccc(N2CCN(CCCCCCCCCCCCCCCCCC)CC2)cc1. The van der Waals surface area contributed by atoms with E-state index in [1.165, 1.54) is 154 Å². The first-order chi connectivity index (χ1) is 19.8. The van der Waals surface area contributed by atoms with Gasteiger partial charge in [0.2, 0.25) is 0 Å². The summed E-state index contributed by atoms with van der Waals surface area (Å²) in [5.41, 5.74) is 1.34. The van der Waals surface area contributed by atoms with Crippen molar-refractivity contribution in [2.75, 3.05) is 44.2 Å². The number of rotatable bonds is 27. The average Bonchev–Trinajstić information content (AvgIpc) is 2.99. The van der Waals surface area contributed by atoms with Gasteiger partial charge >= 0.3 is 0 Å². The molecule has 0 aliphatic carbocycles. The van der Waals surface area contributed by atoms with E-state index >= 15 is 0 Å². The van der Waals surface area contributed by atoms with Crippen LogP contribution < -0.4 is 9.64 Å². The van der Waals surface area contributed by atoms with Crippen LogP contribution in [0.1, 0.15) is 148 Å². The van der Waals surface area contributed by atoms with E-state index in [-0.39, 0.29) is 0 Å². The molecule has 3 heteroatoms. The van der Waals surface area contributed by atoms with Crippen LogP contribution >= 0.6 is 0 Å². The molecule has 1 aliphatic rings. The molecular weight excluding hydrogens is 488 g/mol. The second-order valence-electron chi connectivity index (χ2n) is 12.3. The lowest BCUT2D eigenvalue weighted by molar-refractivity contribution is 0.252. The van der Waals surface area contributed by atoms with Crippen LogP contribution in [-0.2, 0) is 0 Å². The number of hydrogen-bond donors (Lipinski definition) is 0. The van der Waals surface area contributed by atoms with Crippen molar-refractivity contribution in [3.05, 3.63) is 36.9 Å². The smallest absolute Gasteiger partial charge is 0.119 e. The van der Waals surface area contributed by atoms with Crippen LogP contribution in [0, 0.1) is 0 Å². The number of unbranched alkanes of at least 4 members (excludes halogenated alkanes) is 20. The minimum Gasteiger partial charge on any atom is -0.494 e. The van der Waals surface area contributed by atoms with Gasteiger partial charge in [0, 0.05) is 31.9 Å². The first-order valence-corrected chi connectivity index (χ1v) is 17.6. The maximum absolute atomic E-state index is 5.97.